The minimum Gasteiger partial charge on any atom is -0.382 e. The lowest BCUT2D eigenvalue weighted by Gasteiger charge is -2.58. The van der Waals surface area contributed by atoms with Gasteiger partial charge in [0.05, 0.1) is 43.7 Å². The van der Waals surface area contributed by atoms with Crippen molar-refractivity contribution in [2.75, 3.05) is 58.5 Å². The maximum absolute atomic E-state index is 13.6. The molecular formula is C30H39F3N4O3. The van der Waals surface area contributed by atoms with E-state index in [1.807, 2.05) is 12.1 Å². The Kier molecular flexibility index (Phi) is 8.03. The molecule has 3 aliphatic heterocycles. The Hall–Kier alpha value is -2.29. The van der Waals surface area contributed by atoms with Crippen LogP contribution in [-0.4, -0.2) is 93.0 Å². The van der Waals surface area contributed by atoms with Gasteiger partial charge in [-0.05, 0) is 56.2 Å². The molecular weight excluding hydrogens is 521 g/mol. The van der Waals surface area contributed by atoms with Crippen LogP contribution < -0.4 is 10.6 Å². The van der Waals surface area contributed by atoms with E-state index in [0.29, 0.717) is 48.5 Å². The van der Waals surface area contributed by atoms with Crippen molar-refractivity contribution in [2.45, 2.75) is 69.1 Å². The molecule has 10 heteroatoms. The van der Waals surface area contributed by atoms with Crippen LogP contribution in [0.2, 0.25) is 0 Å². The highest BCUT2D eigenvalue weighted by Crippen LogP contribution is 2.41. The molecule has 1 aromatic heterocycles. The van der Waals surface area contributed by atoms with Crippen molar-refractivity contribution >= 4 is 16.6 Å². The summed E-state index contributed by atoms with van der Waals surface area (Å²) in [4.78, 5) is 2.61. The highest BCUT2D eigenvalue weighted by atomic mass is 19.4. The maximum atomic E-state index is 13.6. The molecule has 0 amide bonds. The average Bonchev–Trinajstić information content (AvgIpc) is 3.23. The molecule has 0 radical (unpaired) electrons. The summed E-state index contributed by atoms with van der Waals surface area (Å²) in [6.45, 7) is 4.58. The Balaban J connectivity index is 1.13. The Labute approximate surface area is 233 Å². The summed E-state index contributed by atoms with van der Waals surface area (Å²) in [5.41, 5.74) is 2.23. The van der Waals surface area contributed by atoms with Gasteiger partial charge >= 0.3 is 6.18 Å². The minimum absolute atomic E-state index is 0.0594. The number of nitrogens with one attached hydrogen (secondary N) is 2. The second-order valence-electron chi connectivity index (χ2n) is 11.9. The number of alkyl halides is 3. The van der Waals surface area contributed by atoms with Crippen molar-refractivity contribution in [2.24, 2.45) is 5.41 Å². The first kappa shape index (κ1) is 27.9. The van der Waals surface area contributed by atoms with E-state index >= 15 is 0 Å². The molecule has 218 valence electrons. The number of ether oxygens (including phenoxy) is 3. The Morgan fingerprint density at radius 3 is 2.60 bits per heavy atom. The SMILES string of the molecule is CO[C@@H]1COCC[C@H]1NCC#Cc1cc2c(NC3CCC(N4CC5(COC5)C4)CC3)cccc2n1CC(F)(F)F. The van der Waals surface area contributed by atoms with Gasteiger partial charge in [0.15, 0.2) is 0 Å². The summed E-state index contributed by atoms with van der Waals surface area (Å²) in [6, 6.07) is 8.39. The molecule has 1 saturated carbocycles. The molecule has 2 aromatic rings. The van der Waals surface area contributed by atoms with Crippen LogP contribution in [0.25, 0.3) is 10.9 Å². The smallest absolute Gasteiger partial charge is 0.382 e. The van der Waals surface area contributed by atoms with E-state index < -0.39 is 12.7 Å². The van der Waals surface area contributed by atoms with Gasteiger partial charge in [0, 0.05) is 61.4 Å². The highest BCUT2D eigenvalue weighted by molar-refractivity contribution is 5.94. The van der Waals surface area contributed by atoms with Gasteiger partial charge in [-0.2, -0.15) is 13.2 Å². The van der Waals surface area contributed by atoms with Crippen molar-refractivity contribution < 1.29 is 27.4 Å². The topological polar surface area (TPSA) is 59.9 Å². The van der Waals surface area contributed by atoms with Crippen LogP contribution in [0.4, 0.5) is 18.9 Å². The fourth-order valence-electron chi connectivity index (χ4n) is 6.81. The van der Waals surface area contributed by atoms with Crippen molar-refractivity contribution in [1.82, 2.24) is 14.8 Å². The summed E-state index contributed by atoms with van der Waals surface area (Å²) >= 11 is 0. The summed E-state index contributed by atoms with van der Waals surface area (Å²) in [5, 5.41) is 7.80. The Morgan fingerprint density at radius 2 is 1.90 bits per heavy atom. The fourth-order valence-corrected chi connectivity index (χ4v) is 6.81. The lowest BCUT2D eigenvalue weighted by Crippen LogP contribution is -2.68. The van der Waals surface area contributed by atoms with Gasteiger partial charge in [-0.1, -0.05) is 12.0 Å². The molecule has 0 bridgehead atoms. The normalized spacial score (nSPS) is 28.5. The van der Waals surface area contributed by atoms with Crippen LogP contribution in [0.15, 0.2) is 24.3 Å². The third kappa shape index (κ3) is 6.00. The van der Waals surface area contributed by atoms with Crippen molar-refractivity contribution in [3.05, 3.63) is 30.0 Å². The number of nitrogens with zero attached hydrogens (tertiary/aromatic N) is 2. The molecule has 3 saturated heterocycles. The lowest BCUT2D eigenvalue weighted by atomic mass is 9.75. The molecule has 4 aliphatic rings. The highest BCUT2D eigenvalue weighted by Gasteiger charge is 2.50. The second kappa shape index (κ2) is 11.5. The standard InChI is InChI=1S/C30H39F3N4O3/c1-38-28-15-39-13-11-26(28)34-12-3-4-23-14-24-25(5-2-6-27(24)37(23)18-30(31,32)33)35-21-7-9-22(10-8-21)36-16-29(17-36)19-40-20-29/h2,5-6,14,21-22,26,28,34-35H,7-13,15-20H2,1H3/t21?,22?,26-,28-/m1/s1. The Morgan fingerprint density at radius 1 is 1.10 bits per heavy atom. The van der Waals surface area contributed by atoms with Crippen molar-refractivity contribution in [3.8, 4) is 11.8 Å². The molecule has 6 rings (SSSR count). The first-order valence-corrected chi connectivity index (χ1v) is 14.4. The van der Waals surface area contributed by atoms with E-state index in [0.717, 1.165) is 69.5 Å². The number of methoxy groups -OCH3 is 1. The molecule has 1 aliphatic carbocycles. The van der Waals surface area contributed by atoms with Crippen LogP contribution in [0.5, 0.6) is 0 Å². The van der Waals surface area contributed by atoms with Gasteiger partial charge in [-0.25, -0.2) is 0 Å². The van der Waals surface area contributed by atoms with Gasteiger partial charge in [-0.3, -0.25) is 4.90 Å². The monoisotopic (exact) mass is 560 g/mol. The number of fused-ring (bicyclic) bond motifs is 1. The molecule has 40 heavy (non-hydrogen) atoms. The van der Waals surface area contributed by atoms with Gasteiger partial charge in [0.1, 0.15) is 6.54 Å². The molecule has 7 nitrogen and oxygen atoms in total. The molecule has 0 unspecified atom stereocenters. The van der Waals surface area contributed by atoms with Gasteiger partial charge in [-0.15, -0.1) is 0 Å². The Bertz CT molecular complexity index is 1230. The van der Waals surface area contributed by atoms with E-state index in [1.165, 1.54) is 4.57 Å². The summed E-state index contributed by atoms with van der Waals surface area (Å²) in [5.74, 6) is 6.06. The number of rotatable bonds is 7. The van der Waals surface area contributed by atoms with E-state index in [9.17, 15) is 13.2 Å². The van der Waals surface area contributed by atoms with Crippen LogP contribution in [0, 0.1) is 17.3 Å². The van der Waals surface area contributed by atoms with E-state index in [2.05, 4.69) is 27.4 Å². The third-order valence-corrected chi connectivity index (χ3v) is 9.03. The molecule has 4 heterocycles. The lowest BCUT2D eigenvalue weighted by molar-refractivity contribution is -0.200. The molecule has 4 fully saturated rings. The summed E-state index contributed by atoms with van der Waals surface area (Å²) in [7, 11) is 1.65. The zero-order valence-corrected chi connectivity index (χ0v) is 23.1. The molecule has 1 spiro atoms. The van der Waals surface area contributed by atoms with Crippen LogP contribution >= 0.6 is 0 Å². The van der Waals surface area contributed by atoms with Crippen LogP contribution in [-0.2, 0) is 20.8 Å². The first-order valence-electron chi connectivity index (χ1n) is 14.4. The number of aromatic nitrogens is 1. The number of hydrogen-bond acceptors (Lipinski definition) is 6. The van der Waals surface area contributed by atoms with Crippen LogP contribution in [0.3, 0.4) is 0 Å². The zero-order valence-electron chi connectivity index (χ0n) is 23.1. The summed E-state index contributed by atoms with van der Waals surface area (Å²) in [6.07, 6.45) is 0.780. The predicted octanol–water partition coefficient (Wildman–Crippen LogP) is 4.00. The molecule has 2 atom stereocenters. The van der Waals surface area contributed by atoms with E-state index in [-0.39, 0.29) is 12.1 Å². The van der Waals surface area contributed by atoms with Crippen molar-refractivity contribution in [3.63, 3.8) is 0 Å². The van der Waals surface area contributed by atoms with Gasteiger partial charge in [0.25, 0.3) is 0 Å². The van der Waals surface area contributed by atoms with Gasteiger partial charge < -0.3 is 29.4 Å². The quantitative estimate of drug-likeness (QED) is 0.500. The number of anilines is 1. The zero-order chi connectivity index (χ0) is 27.7. The number of likely N-dealkylation sites (tertiary alicyclic amines) is 1. The number of halogens is 3. The van der Waals surface area contributed by atoms with E-state index in [1.54, 1.807) is 19.2 Å². The largest absolute Gasteiger partial charge is 0.406 e. The fraction of sp³-hybridized carbons (Fsp3) is 0.667. The first-order chi connectivity index (χ1) is 19.3. The van der Waals surface area contributed by atoms with Gasteiger partial charge in [0.2, 0.25) is 0 Å². The third-order valence-electron chi connectivity index (χ3n) is 9.03. The molecule has 2 N–H and O–H groups in total. The average molecular weight is 561 g/mol. The van der Waals surface area contributed by atoms with Crippen molar-refractivity contribution in [1.29, 1.82) is 0 Å². The summed E-state index contributed by atoms with van der Waals surface area (Å²) < 4.78 is 58.4. The maximum Gasteiger partial charge on any atom is 0.406 e. The van der Waals surface area contributed by atoms with E-state index in [4.69, 9.17) is 14.2 Å². The van der Waals surface area contributed by atoms with Crippen LogP contribution in [0.1, 0.15) is 37.8 Å². The number of benzene rings is 1. The predicted molar refractivity (Wildman–Crippen MR) is 147 cm³/mol. The number of hydrogen-bond donors (Lipinski definition) is 2. The molecule has 1 aromatic carbocycles. The minimum atomic E-state index is -4.35. The second-order valence-corrected chi connectivity index (χ2v) is 11.9.